The normalized spacial score (nSPS) is 26.3. The van der Waals surface area contributed by atoms with Gasteiger partial charge < -0.3 is 0 Å². The first-order valence-electron chi connectivity index (χ1n) is 9.43. The van der Waals surface area contributed by atoms with E-state index in [1.165, 1.54) is 43.2 Å². The summed E-state index contributed by atoms with van der Waals surface area (Å²) in [6.45, 7) is 0. The fourth-order valence-corrected chi connectivity index (χ4v) is 5.53. The zero-order chi connectivity index (χ0) is 16.0. The summed E-state index contributed by atoms with van der Waals surface area (Å²) in [4.78, 5) is 0. The lowest BCUT2D eigenvalue weighted by molar-refractivity contribution is 0.144. The summed E-state index contributed by atoms with van der Waals surface area (Å²) in [5.74, 6) is 1.13. The molecular formula is C24H24. The molecule has 24 heavy (non-hydrogen) atoms. The van der Waals surface area contributed by atoms with Gasteiger partial charge in [-0.2, -0.15) is 0 Å². The molecule has 1 fully saturated rings. The average Bonchev–Trinajstić information content (AvgIpc) is 3.27. The summed E-state index contributed by atoms with van der Waals surface area (Å²) in [5.41, 5.74) is 6.32. The van der Waals surface area contributed by atoms with Crippen molar-refractivity contribution in [3.63, 3.8) is 0 Å². The van der Waals surface area contributed by atoms with Crippen molar-refractivity contribution >= 4 is 12.2 Å². The third-order valence-corrected chi connectivity index (χ3v) is 6.62. The molecule has 0 heteroatoms. The number of hydrogen-bond donors (Lipinski definition) is 0. The summed E-state index contributed by atoms with van der Waals surface area (Å²) in [6, 6.07) is 18.1. The first-order chi connectivity index (χ1) is 11.9. The van der Waals surface area contributed by atoms with E-state index in [9.17, 15) is 0 Å². The second kappa shape index (κ2) is 5.48. The summed E-state index contributed by atoms with van der Waals surface area (Å²) in [5, 5.41) is 0. The number of hydrogen-bond acceptors (Lipinski definition) is 0. The molecule has 2 atom stereocenters. The summed E-state index contributed by atoms with van der Waals surface area (Å²) >= 11 is 0. The molecule has 3 aliphatic carbocycles. The molecule has 0 aliphatic heterocycles. The van der Waals surface area contributed by atoms with Gasteiger partial charge >= 0.3 is 0 Å². The quantitative estimate of drug-likeness (QED) is 0.589. The van der Waals surface area contributed by atoms with Gasteiger partial charge in [0.1, 0.15) is 0 Å². The van der Waals surface area contributed by atoms with Crippen LogP contribution in [-0.2, 0) is 0 Å². The van der Waals surface area contributed by atoms with Gasteiger partial charge in [-0.05, 0) is 40.5 Å². The smallest absolute Gasteiger partial charge is 0.00925 e. The van der Waals surface area contributed by atoms with E-state index in [0.29, 0.717) is 17.3 Å². The minimum atomic E-state index is 0.352. The van der Waals surface area contributed by atoms with Gasteiger partial charge in [0.15, 0.2) is 0 Å². The van der Waals surface area contributed by atoms with Gasteiger partial charge in [0.05, 0.1) is 0 Å². The molecule has 1 saturated carbocycles. The van der Waals surface area contributed by atoms with E-state index >= 15 is 0 Å². The highest BCUT2D eigenvalue weighted by molar-refractivity contribution is 5.66. The van der Waals surface area contributed by atoms with E-state index in [2.05, 4.69) is 72.8 Å². The highest BCUT2D eigenvalue weighted by atomic mass is 14.5. The molecule has 0 radical (unpaired) electrons. The standard InChI is InChI=1S/C24H24/c1-6-16-24(17-7-1,22-14-12-18-8-2-4-10-20(18)22)23-15-13-19-9-3-5-11-21(19)23/h2-5,8-15,22-23H,1,6-7,16-17H2. The largest absolute Gasteiger partial charge is 0.0758 e. The van der Waals surface area contributed by atoms with E-state index in [0.717, 1.165) is 0 Å². The molecule has 0 bridgehead atoms. The van der Waals surface area contributed by atoms with Crippen LogP contribution in [0.4, 0.5) is 0 Å². The minimum absolute atomic E-state index is 0.352. The van der Waals surface area contributed by atoms with Crippen molar-refractivity contribution in [2.75, 3.05) is 0 Å². The molecule has 2 aromatic rings. The average molecular weight is 312 g/mol. The fourth-order valence-electron chi connectivity index (χ4n) is 5.53. The van der Waals surface area contributed by atoms with Crippen molar-refractivity contribution in [1.29, 1.82) is 0 Å². The summed E-state index contributed by atoms with van der Waals surface area (Å²) in [7, 11) is 0. The SMILES string of the molecule is C1=CC(C2(C3C=Cc4ccccc43)CCCCC2)c2ccccc21. The van der Waals surface area contributed by atoms with Crippen molar-refractivity contribution < 1.29 is 0 Å². The number of benzene rings is 2. The number of allylic oxidation sites excluding steroid dienone is 2. The monoisotopic (exact) mass is 312 g/mol. The number of fused-ring (bicyclic) bond motifs is 2. The predicted octanol–water partition coefficient (Wildman–Crippen LogP) is 6.56. The molecule has 2 unspecified atom stereocenters. The van der Waals surface area contributed by atoms with Gasteiger partial charge in [-0.15, -0.1) is 0 Å². The Kier molecular flexibility index (Phi) is 3.26. The molecule has 0 spiro atoms. The van der Waals surface area contributed by atoms with E-state index in [-0.39, 0.29) is 0 Å². The molecule has 120 valence electrons. The van der Waals surface area contributed by atoms with Gasteiger partial charge in [-0.3, -0.25) is 0 Å². The molecule has 3 aliphatic rings. The van der Waals surface area contributed by atoms with E-state index < -0.39 is 0 Å². The molecule has 0 heterocycles. The lowest BCUT2D eigenvalue weighted by atomic mass is 9.57. The van der Waals surface area contributed by atoms with E-state index in [1.54, 1.807) is 11.1 Å². The van der Waals surface area contributed by atoms with Gasteiger partial charge in [-0.25, -0.2) is 0 Å². The van der Waals surface area contributed by atoms with Crippen LogP contribution in [0.2, 0.25) is 0 Å². The van der Waals surface area contributed by atoms with E-state index in [4.69, 9.17) is 0 Å². The van der Waals surface area contributed by atoms with Gasteiger partial charge in [0, 0.05) is 11.8 Å². The third-order valence-electron chi connectivity index (χ3n) is 6.62. The van der Waals surface area contributed by atoms with Gasteiger partial charge in [0.25, 0.3) is 0 Å². The number of rotatable bonds is 2. The zero-order valence-corrected chi connectivity index (χ0v) is 14.1. The molecular weight excluding hydrogens is 288 g/mol. The van der Waals surface area contributed by atoms with Gasteiger partial charge in [0.2, 0.25) is 0 Å². The Balaban J connectivity index is 1.64. The molecule has 0 N–H and O–H groups in total. The Bertz CT molecular complexity index is 754. The maximum atomic E-state index is 2.50. The summed E-state index contributed by atoms with van der Waals surface area (Å²) < 4.78 is 0. The Morgan fingerprint density at radius 3 is 1.67 bits per heavy atom. The molecule has 0 nitrogen and oxygen atoms in total. The first-order valence-corrected chi connectivity index (χ1v) is 9.43. The van der Waals surface area contributed by atoms with Crippen LogP contribution in [0.1, 0.15) is 66.2 Å². The van der Waals surface area contributed by atoms with Crippen molar-refractivity contribution in [2.24, 2.45) is 5.41 Å². The van der Waals surface area contributed by atoms with Crippen LogP contribution in [0.25, 0.3) is 12.2 Å². The van der Waals surface area contributed by atoms with E-state index in [1.807, 2.05) is 0 Å². The van der Waals surface area contributed by atoms with Crippen LogP contribution in [0.3, 0.4) is 0 Å². The third kappa shape index (κ3) is 1.99. The maximum absolute atomic E-state index is 2.50. The molecule has 2 aromatic carbocycles. The van der Waals surface area contributed by atoms with Crippen molar-refractivity contribution in [3.8, 4) is 0 Å². The maximum Gasteiger partial charge on any atom is 0.00925 e. The second-order valence-electron chi connectivity index (χ2n) is 7.73. The molecule has 0 aromatic heterocycles. The minimum Gasteiger partial charge on any atom is -0.0758 e. The van der Waals surface area contributed by atoms with Crippen LogP contribution in [-0.4, -0.2) is 0 Å². The fraction of sp³-hybridized carbons (Fsp3) is 0.333. The predicted molar refractivity (Wildman–Crippen MR) is 102 cm³/mol. The summed E-state index contributed by atoms with van der Waals surface area (Å²) in [6.07, 6.45) is 16.6. The van der Waals surface area contributed by atoms with Crippen LogP contribution in [0.5, 0.6) is 0 Å². The Morgan fingerprint density at radius 1 is 0.625 bits per heavy atom. The second-order valence-corrected chi connectivity index (χ2v) is 7.73. The molecule has 0 saturated heterocycles. The molecule has 0 amide bonds. The van der Waals surface area contributed by atoms with Gasteiger partial charge in [-0.1, -0.05) is 92.1 Å². The first kappa shape index (κ1) is 14.3. The van der Waals surface area contributed by atoms with Crippen LogP contribution < -0.4 is 0 Å². The lowest BCUT2D eigenvalue weighted by Gasteiger charge is -2.46. The molecule has 5 rings (SSSR count). The topological polar surface area (TPSA) is 0 Å². The highest BCUT2D eigenvalue weighted by Gasteiger charge is 2.47. The van der Waals surface area contributed by atoms with Crippen LogP contribution in [0.15, 0.2) is 60.7 Å². The lowest BCUT2D eigenvalue weighted by Crippen LogP contribution is -2.35. The highest BCUT2D eigenvalue weighted by Crippen LogP contribution is 2.60. The van der Waals surface area contributed by atoms with Crippen molar-refractivity contribution in [1.82, 2.24) is 0 Å². The Morgan fingerprint density at radius 2 is 1.12 bits per heavy atom. The Labute approximate surface area is 144 Å². The Hall–Kier alpha value is -2.08. The van der Waals surface area contributed by atoms with Crippen LogP contribution in [0, 0.1) is 5.41 Å². The van der Waals surface area contributed by atoms with Crippen molar-refractivity contribution in [3.05, 3.63) is 82.9 Å². The van der Waals surface area contributed by atoms with Crippen molar-refractivity contribution in [2.45, 2.75) is 43.9 Å². The van der Waals surface area contributed by atoms with Crippen LogP contribution >= 0.6 is 0 Å². The zero-order valence-electron chi connectivity index (χ0n) is 14.1.